The first kappa shape index (κ1) is 22.8. The van der Waals surface area contributed by atoms with E-state index in [0.717, 1.165) is 11.1 Å². The molecule has 9 heteroatoms. The zero-order chi connectivity index (χ0) is 24.1. The third-order valence-corrected chi connectivity index (χ3v) is 5.03. The van der Waals surface area contributed by atoms with Crippen LogP contribution in [0.5, 0.6) is 11.5 Å². The highest BCUT2D eigenvalue weighted by molar-refractivity contribution is 6.07. The number of carbonyl (C=O) groups is 2. The molecule has 2 amide bonds. The first-order chi connectivity index (χ1) is 16.5. The van der Waals surface area contributed by atoms with E-state index < -0.39 is 11.8 Å². The summed E-state index contributed by atoms with van der Waals surface area (Å²) >= 11 is 0. The van der Waals surface area contributed by atoms with Gasteiger partial charge in [0.15, 0.2) is 18.1 Å². The number of hydrogen-bond donors (Lipinski definition) is 2. The third-order valence-electron chi connectivity index (χ3n) is 5.03. The van der Waals surface area contributed by atoms with E-state index in [4.69, 9.17) is 14.0 Å². The summed E-state index contributed by atoms with van der Waals surface area (Å²) in [4.78, 5) is 29.8. The Morgan fingerprint density at radius 3 is 2.38 bits per heavy atom. The normalized spacial score (nSPS) is 10.7. The second-order valence-corrected chi connectivity index (χ2v) is 7.54. The van der Waals surface area contributed by atoms with Crippen molar-refractivity contribution in [1.82, 2.24) is 21.0 Å². The Labute approximate surface area is 196 Å². The average Bonchev–Trinajstić information content (AvgIpc) is 3.22. The van der Waals surface area contributed by atoms with Gasteiger partial charge in [-0.1, -0.05) is 47.1 Å². The lowest BCUT2D eigenvalue weighted by atomic mass is 10.0. The van der Waals surface area contributed by atoms with E-state index in [0.29, 0.717) is 34.9 Å². The fourth-order valence-electron chi connectivity index (χ4n) is 3.36. The number of pyridine rings is 1. The van der Waals surface area contributed by atoms with Gasteiger partial charge in [-0.3, -0.25) is 20.4 Å². The number of rotatable bonds is 7. The molecule has 2 aromatic heterocycles. The zero-order valence-corrected chi connectivity index (χ0v) is 19.0. The maximum Gasteiger partial charge on any atom is 0.276 e. The number of benzene rings is 2. The van der Waals surface area contributed by atoms with Gasteiger partial charge in [-0.2, -0.15) is 0 Å². The van der Waals surface area contributed by atoms with Gasteiger partial charge in [0, 0.05) is 5.56 Å². The van der Waals surface area contributed by atoms with Crippen LogP contribution in [0.25, 0.3) is 22.4 Å². The predicted octanol–water partition coefficient (Wildman–Crippen LogP) is 3.75. The van der Waals surface area contributed by atoms with E-state index >= 15 is 0 Å². The van der Waals surface area contributed by atoms with Crippen LogP contribution in [0.15, 0.2) is 59.1 Å². The standard InChI is InChI=1S/C25H24N4O5/c1-4-32-20-7-5-6-8-21(20)33-14-22(30)27-28-24(31)18-13-19(17-11-9-15(2)10-12-17)26-25-23(18)16(3)29-34-25/h5-13H,4,14H2,1-3H3,(H,27,30)(H,28,31). The van der Waals surface area contributed by atoms with Crippen LogP contribution < -0.4 is 20.3 Å². The largest absolute Gasteiger partial charge is 0.490 e. The molecular formula is C25H24N4O5. The first-order valence-corrected chi connectivity index (χ1v) is 10.7. The van der Waals surface area contributed by atoms with E-state index in [1.807, 2.05) is 44.2 Å². The molecule has 0 bridgehead atoms. The molecule has 0 saturated carbocycles. The number of fused-ring (bicyclic) bond motifs is 1. The monoisotopic (exact) mass is 460 g/mol. The zero-order valence-electron chi connectivity index (χ0n) is 19.0. The molecule has 0 radical (unpaired) electrons. The van der Waals surface area contributed by atoms with Gasteiger partial charge >= 0.3 is 0 Å². The van der Waals surface area contributed by atoms with Crippen molar-refractivity contribution in [1.29, 1.82) is 0 Å². The molecule has 34 heavy (non-hydrogen) atoms. The van der Waals surface area contributed by atoms with E-state index in [-0.39, 0.29) is 17.9 Å². The minimum Gasteiger partial charge on any atom is -0.490 e. The van der Waals surface area contributed by atoms with Gasteiger partial charge in [0.05, 0.1) is 28.9 Å². The van der Waals surface area contributed by atoms with Gasteiger partial charge in [0.2, 0.25) is 0 Å². The summed E-state index contributed by atoms with van der Waals surface area (Å²) in [5, 5.41) is 4.41. The van der Waals surface area contributed by atoms with E-state index in [1.54, 1.807) is 31.2 Å². The predicted molar refractivity (Wildman–Crippen MR) is 125 cm³/mol. The molecule has 0 aliphatic carbocycles. The highest BCUT2D eigenvalue weighted by Gasteiger charge is 2.20. The van der Waals surface area contributed by atoms with Crippen LogP contribution in [-0.2, 0) is 4.79 Å². The van der Waals surface area contributed by atoms with Crippen LogP contribution in [0.1, 0.15) is 28.5 Å². The molecule has 0 aliphatic heterocycles. The van der Waals surface area contributed by atoms with Crippen LogP contribution in [0, 0.1) is 13.8 Å². The maximum absolute atomic E-state index is 13.0. The Morgan fingerprint density at radius 1 is 0.971 bits per heavy atom. The SMILES string of the molecule is CCOc1ccccc1OCC(=O)NNC(=O)c1cc(-c2ccc(C)cc2)nc2onc(C)c12. The number of nitrogens with zero attached hydrogens (tertiary/aromatic N) is 2. The van der Waals surface area contributed by atoms with Crippen molar-refractivity contribution in [2.24, 2.45) is 0 Å². The summed E-state index contributed by atoms with van der Waals surface area (Å²) in [5.74, 6) is -0.0991. The Balaban J connectivity index is 1.48. The minimum atomic E-state index is -0.536. The number of nitrogens with one attached hydrogen (secondary N) is 2. The second-order valence-electron chi connectivity index (χ2n) is 7.54. The number of aromatic nitrogens is 2. The van der Waals surface area contributed by atoms with Crippen molar-refractivity contribution in [2.75, 3.05) is 13.2 Å². The summed E-state index contributed by atoms with van der Waals surface area (Å²) in [6.45, 7) is 5.72. The molecule has 2 N–H and O–H groups in total. The highest BCUT2D eigenvalue weighted by Crippen LogP contribution is 2.28. The molecule has 0 saturated heterocycles. The molecule has 2 aromatic carbocycles. The van der Waals surface area contributed by atoms with E-state index in [2.05, 4.69) is 21.0 Å². The Kier molecular flexibility index (Phi) is 6.72. The average molecular weight is 460 g/mol. The van der Waals surface area contributed by atoms with Crippen LogP contribution in [0.3, 0.4) is 0 Å². The smallest absolute Gasteiger partial charge is 0.276 e. The highest BCUT2D eigenvalue weighted by atomic mass is 16.5. The summed E-state index contributed by atoms with van der Waals surface area (Å²) in [6.07, 6.45) is 0. The van der Waals surface area contributed by atoms with Crippen LogP contribution in [0.4, 0.5) is 0 Å². The van der Waals surface area contributed by atoms with Gasteiger partial charge in [0.25, 0.3) is 17.5 Å². The van der Waals surface area contributed by atoms with E-state index in [1.165, 1.54) is 0 Å². The number of ether oxygens (including phenoxy) is 2. The third kappa shape index (κ3) is 4.98. The van der Waals surface area contributed by atoms with Gasteiger partial charge in [-0.25, -0.2) is 4.98 Å². The number of amides is 2. The van der Waals surface area contributed by atoms with Crippen molar-refractivity contribution in [2.45, 2.75) is 20.8 Å². The summed E-state index contributed by atoms with van der Waals surface area (Å²) in [5.41, 5.74) is 8.31. The fraction of sp³-hybridized carbons (Fsp3) is 0.200. The molecule has 0 spiro atoms. The number of hydrazine groups is 1. The summed E-state index contributed by atoms with van der Waals surface area (Å²) in [7, 11) is 0. The number of hydrogen-bond acceptors (Lipinski definition) is 7. The Hall–Kier alpha value is -4.40. The van der Waals surface area contributed by atoms with Gasteiger partial charge in [0.1, 0.15) is 0 Å². The topological polar surface area (TPSA) is 116 Å². The Bertz CT molecular complexity index is 1330. The fourth-order valence-corrected chi connectivity index (χ4v) is 3.36. The number of aryl methyl sites for hydroxylation is 2. The lowest BCUT2D eigenvalue weighted by Gasteiger charge is -2.12. The van der Waals surface area contributed by atoms with Crippen molar-refractivity contribution in [3.8, 4) is 22.8 Å². The molecule has 174 valence electrons. The first-order valence-electron chi connectivity index (χ1n) is 10.7. The van der Waals surface area contributed by atoms with Gasteiger partial charge in [-0.15, -0.1) is 0 Å². The molecule has 0 aliphatic rings. The molecule has 2 heterocycles. The summed E-state index contributed by atoms with van der Waals surface area (Å²) < 4.78 is 16.3. The van der Waals surface area contributed by atoms with Gasteiger partial charge < -0.3 is 14.0 Å². The molecule has 4 aromatic rings. The molecule has 9 nitrogen and oxygen atoms in total. The van der Waals surface area contributed by atoms with Crippen LogP contribution >= 0.6 is 0 Å². The lowest BCUT2D eigenvalue weighted by Crippen LogP contribution is -2.44. The minimum absolute atomic E-state index is 0.239. The maximum atomic E-state index is 13.0. The quantitative estimate of drug-likeness (QED) is 0.404. The van der Waals surface area contributed by atoms with Crippen LogP contribution in [0.2, 0.25) is 0 Å². The molecular weight excluding hydrogens is 436 g/mol. The molecule has 0 fully saturated rings. The second kappa shape index (κ2) is 10.0. The van der Waals surface area contributed by atoms with Gasteiger partial charge in [-0.05, 0) is 39.0 Å². The Morgan fingerprint density at radius 2 is 1.68 bits per heavy atom. The number of para-hydroxylation sites is 2. The van der Waals surface area contributed by atoms with Crippen molar-refractivity contribution < 1.29 is 23.6 Å². The van der Waals surface area contributed by atoms with Crippen molar-refractivity contribution in [3.63, 3.8) is 0 Å². The van der Waals surface area contributed by atoms with Crippen LogP contribution in [-0.4, -0.2) is 35.2 Å². The van der Waals surface area contributed by atoms with E-state index in [9.17, 15) is 9.59 Å². The molecule has 4 rings (SSSR count). The molecule has 0 unspecified atom stereocenters. The van der Waals surface area contributed by atoms with Crippen molar-refractivity contribution in [3.05, 3.63) is 71.4 Å². The lowest BCUT2D eigenvalue weighted by molar-refractivity contribution is -0.123. The summed E-state index contributed by atoms with van der Waals surface area (Å²) in [6, 6.07) is 16.4. The number of carbonyl (C=O) groups excluding carboxylic acids is 2. The van der Waals surface area contributed by atoms with Crippen molar-refractivity contribution >= 4 is 22.9 Å². The molecule has 0 atom stereocenters.